The van der Waals surface area contributed by atoms with E-state index < -0.39 is 4.33 Å². The van der Waals surface area contributed by atoms with Crippen LogP contribution in [-0.4, -0.2) is 35.2 Å². The maximum Gasteiger partial charge on any atom is 0.221 e. The zero-order valence-electron chi connectivity index (χ0n) is 11.5. The fourth-order valence-corrected chi connectivity index (χ4v) is 2.82. The molecule has 21 heavy (non-hydrogen) atoms. The zero-order chi connectivity index (χ0) is 14.9. The Balaban J connectivity index is 1.76. The van der Waals surface area contributed by atoms with E-state index in [0.717, 1.165) is 31.2 Å². The second kappa shape index (κ2) is 5.77. The Bertz CT molecular complexity index is 607. The predicted molar refractivity (Wildman–Crippen MR) is 79.0 cm³/mol. The molecular formula is C13H15Cl2N5O. The fourth-order valence-electron chi connectivity index (χ4n) is 2.38. The Kier molecular flexibility index (Phi) is 3.99. The molecular weight excluding hydrogens is 313 g/mol. The number of halogens is 2. The van der Waals surface area contributed by atoms with Gasteiger partial charge >= 0.3 is 0 Å². The Labute approximate surface area is 132 Å². The summed E-state index contributed by atoms with van der Waals surface area (Å²) in [6.07, 6.45) is 7.67. The van der Waals surface area contributed by atoms with Crippen LogP contribution in [0.15, 0.2) is 19.0 Å². The van der Waals surface area contributed by atoms with Gasteiger partial charge in [0.05, 0.1) is 5.56 Å². The highest BCUT2D eigenvalue weighted by Crippen LogP contribution is 2.39. The van der Waals surface area contributed by atoms with Gasteiger partial charge in [-0.1, -0.05) is 0 Å². The lowest BCUT2D eigenvalue weighted by atomic mass is 9.96. The first-order chi connectivity index (χ1) is 10.1. The van der Waals surface area contributed by atoms with E-state index in [1.807, 2.05) is 6.92 Å². The van der Waals surface area contributed by atoms with Gasteiger partial charge in [0, 0.05) is 0 Å². The summed E-state index contributed by atoms with van der Waals surface area (Å²) in [6.45, 7) is 1.91. The van der Waals surface area contributed by atoms with Crippen molar-refractivity contribution in [2.75, 3.05) is 0 Å². The summed E-state index contributed by atoms with van der Waals surface area (Å²) in [4.78, 5) is 12.4. The molecule has 1 saturated carbocycles. The van der Waals surface area contributed by atoms with Crippen molar-refractivity contribution >= 4 is 23.2 Å². The van der Waals surface area contributed by atoms with Gasteiger partial charge in [0.15, 0.2) is 5.82 Å². The van der Waals surface area contributed by atoms with Crippen LogP contribution in [0.1, 0.15) is 31.2 Å². The molecule has 1 aliphatic carbocycles. The Morgan fingerprint density at radius 1 is 1.24 bits per heavy atom. The van der Waals surface area contributed by atoms with Gasteiger partial charge in [0.25, 0.3) is 0 Å². The average molecular weight is 328 g/mol. The number of hydrogen-bond donors (Lipinski definition) is 0. The molecule has 2 aromatic rings. The van der Waals surface area contributed by atoms with Crippen LogP contribution in [0.25, 0.3) is 5.82 Å². The third kappa shape index (κ3) is 3.27. The first kappa shape index (κ1) is 14.5. The lowest BCUT2D eigenvalue weighted by Gasteiger charge is -2.30. The quantitative estimate of drug-likeness (QED) is 0.811. The van der Waals surface area contributed by atoms with Crippen LogP contribution < -0.4 is 4.74 Å². The van der Waals surface area contributed by atoms with Crippen molar-refractivity contribution in [2.24, 2.45) is 0 Å². The maximum atomic E-state index is 6.13. The minimum Gasteiger partial charge on any atom is -0.474 e. The molecule has 0 saturated heterocycles. The van der Waals surface area contributed by atoms with Crippen molar-refractivity contribution in [1.29, 1.82) is 0 Å². The molecule has 1 aliphatic rings. The number of ether oxygens (including phenoxy) is 1. The Morgan fingerprint density at radius 3 is 2.67 bits per heavy atom. The van der Waals surface area contributed by atoms with E-state index in [9.17, 15) is 0 Å². The van der Waals surface area contributed by atoms with E-state index in [2.05, 4.69) is 20.1 Å². The van der Waals surface area contributed by atoms with Gasteiger partial charge in [-0.25, -0.2) is 19.6 Å². The van der Waals surface area contributed by atoms with E-state index in [1.54, 1.807) is 11.0 Å². The highest BCUT2D eigenvalue weighted by atomic mass is 35.5. The second-order valence-corrected chi connectivity index (χ2v) is 6.78. The molecule has 0 radical (unpaired) electrons. The highest BCUT2D eigenvalue weighted by Gasteiger charge is 2.32. The van der Waals surface area contributed by atoms with E-state index in [4.69, 9.17) is 27.9 Å². The first-order valence-corrected chi connectivity index (χ1v) is 7.52. The minimum atomic E-state index is -0.619. The van der Waals surface area contributed by atoms with Gasteiger partial charge in [-0.05, 0) is 32.6 Å². The van der Waals surface area contributed by atoms with Gasteiger partial charge < -0.3 is 4.74 Å². The van der Waals surface area contributed by atoms with E-state index in [-0.39, 0.29) is 6.10 Å². The summed E-state index contributed by atoms with van der Waals surface area (Å²) >= 11 is 12.3. The number of aromatic nitrogens is 5. The maximum absolute atomic E-state index is 6.13. The topological polar surface area (TPSA) is 65.7 Å². The van der Waals surface area contributed by atoms with Crippen LogP contribution in [0.3, 0.4) is 0 Å². The number of rotatable bonds is 3. The molecule has 0 amide bonds. The summed E-state index contributed by atoms with van der Waals surface area (Å²) in [5, 5.41) is 4.08. The van der Waals surface area contributed by atoms with Gasteiger partial charge in [0.2, 0.25) is 5.88 Å². The molecule has 1 fully saturated rings. The molecule has 112 valence electrons. The van der Waals surface area contributed by atoms with Crippen LogP contribution in [0.4, 0.5) is 0 Å². The number of alkyl halides is 2. The number of hydrogen-bond acceptors (Lipinski definition) is 5. The molecule has 0 aromatic carbocycles. The van der Waals surface area contributed by atoms with Crippen molar-refractivity contribution < 1.29 is 4.74 Å². The van der Waals surface area contributed by atoms with Crippen molar-refractivity contribution in [3.05, 3.63) is 24.5 Å². The van der Waals surface area contributed by atoms with Gasteiger partial charge in [0.1, 0.15) is 29.4 Å². The van der Waals surface area contributed by atoms with Crippen LogP contribution in [0.5, 0.6) is 5.88 Å². The molecule has 2 aromatic heterocycles. The molecule has 0 N–H and O–H groups in total. The molecule has 6 nitrogen and oxygen atoms in total. The zero-order valence-corrected chi connectivity index (χ0v) is 13.0. The molecule has 0 spiro atoms. The predicted octanol–water partition coefficient (Wildman–Crippen LogP) is 2.86. The Morgan fingerprint density at radius 2 is 2.00 bits per heavy atom. The third-order valence-corrected chi connectivity index (χ3v) is 4.35. The molecule has 0 atom stereocenters. The van der Waals surface area contributed by atoms with Gasteiger partial charge in [-0.15, -0.1) is 23.2 Å². The normalized spacial score (nSPS) is 18.6. The molecule has 0 aliphatic heterocycles. The number of nitrogens with zero attached hydrogens (tertiary/aromatic N) is 5. The smallest absolute Gasteiger partial charge is 0.221 e. The van der Waals surface area contributed by atoms with E-state index in [1.165, 1.54) is 12.7 Å². The van der Waals surface area contributed by atoms with E-state index >= 15 is 0 Å². The summed E-state index contributed by atoms with van der Waals surface area (Å²) in [6, 6.07) is 0. The van der Waals surface area contributed by atoms with Crippen LogP contribution in [0.2, 0.25) is 0 Å². The van der Waals surface area contributed by atoms with Crippen LogP contribution in [-0.2, 0) is 0 Å². The summed E-state index contributed by atoms with van der Waals surface area (Å²) in [7, 11) is 0. The second-order valence-electron chi connectivity index (χ2n) is 5.14. The monoisotopic (exact) mass is 327 g/mol. The van der Waals surface area contributed by atoms with Crippen molar-refractivity contribution in [3.8, 4) is 11.7 Å². The summed E-state index contributed by atoms with van der Waals surface area (Å²) in [5.41, 5.74) is 0.830. The fraction of sp³-hybridized carbons (Fsp3) is 0.538. The van der Waals surface area contributed by atoms with Gasteiger partial charge in [-0.3, -0.25) is 0 Å². The summed E-state index contributed by atoms with van der Waals surface area (Å²) in [5.74, 6) is 1.23. The van der Waals surface area contributed by atoms with Crippen molar-refractivity contribution in [2.45, 2.75) is 43.0 Å². The standard InChI is InChI=1S/C13H15Cl2N5O/c1-9-11(20-8-16-6-19-20)17-7-18-12(9)21-10-2-4-13(14,15)5-3-10/h6-8,10H,2-5H2,1H3. The Hall–Kier alpha value is -1.40. The summed E-state index contributed by atoms with van der Waals surface area (Å²) < 4.78 is 6.96. The highest BCUT2D eigenvalue weighted by molar-refractivity contribution is 6.48. The van der Waals surface area contributed by atoms with E-state index in [0.29, 0.717) is 11.7 Å². The minimum absolute atomic E-state index is 0.0767. The largest absolute Gasteiger partial charge is 0.474 e. The molecule has 8 heteroatoms. The van der Waals surface area contributed by atoms with Crippen molar-refractivity contribution in [3.63, 3.8) is 0 Å². The lowest BCUT2D eigenvalue weighted by Crippen LogP contribution is -2.29. The SMILES string of the molecule is Cc1c(OC2CCC(Cl)(Cl)CC2)ncnc1-n1cncn1. The van der Waals surface area contributed by atoms with Crippen LogP contribution in [0, 0.1) is 6.92 Å². The lowest BCUT2D eigenvalue weighted by molar-refractivity contribution is 0.144. The average Bonchev–Trinajstić information content (AvgIpc) is 2.97. The molecule has 0 bridgehead atoms. The molecule has 2 heterocycles. The van der Waals surface area contributed by atoms with Crippen molar-refractivity contribution in [1.82, 2.24) is 24.7 Å². The molecule has 3 rings (SSSR count). The van der Waals surface area contributed by atoms with Crippen LogP contribution >= 0.6 is 23.2 Å². The molecule has 0 unspecified atom stereocenters. The first-order valence-electron chi connectivity index (χ1n) is 6.76. The third-order valence-electron chi connectivity index (χ3n) is 3.59. The van der Waals surface area contributed by atoms with Gasteiger partial charge in [-0.2, -0.15) is 5.10 Å².